The molecule has 1 heterocycles. The Morgan fingerprint density at radius 2 is 2.39 bits per heavy atom. The number of fused-ring (bicyclic) bond motifs is 1. The first kappa shape index (κ1) is 13.1. The molecular formula is C12H11ClFO4-. The van der Waals surface area contributed by atoms with Crippen molar-refractivity contribution in [1.29, 1.82) is 0 Å². The molecule has 98 valence electrons. The van der Waals surface area contributed by atoms with Gasteiger partial charge < -0.3 is 19.7 Å². The van der Waals surface area contributed by atoms with E-state index in [0.29, 0.717) is 0 Å². The van der Waals surface area contributed by atoms with E-state index in [9.17, 15) is 19.4 Å². The van der Waals surface area contributed by atoms with Crippen molar-refractivity contribution in [2.24, 2.45) is 0 Å². The maximum Gasteiger partial charge on any atom is 0.142 e. The van der Waals surface area contributed by atoms with Gasteiger partial charge in [0.25, 0.3) is 0 Å². The van der Waals surface area contributed by atoms with Crippen LogP contribution in [-0.2, 0) is 10.4 Å². The molecule has 0 aromatic heterocycles. The van der Waals surface area contributed by atoms with Gasteiger partial charge in [-0.3, -0.25) is 0 Å². The van der Waals surface area contributed by atoms with Crippen LogP contribution in [0.4, 0.5) is 4.39 Å². The number of rotatable bonds is 2. The van der Waals surface area contributed by atoms with Crippen LogP contribution in [0.5, 0.6) is 5.75 Å². The zero-order valence-corrected chi connectivity index (χ0v) is 10.3. The summed E-state index contributed by atoms with van der Waals surface area (Å²) in [5, 5.41) is 20.9. The molecule has 18 heavy (non-hydrogen) atoms. The van der Waals surface area contributed by atoms with Crippen molar-refractivity contribution < 1.29 is 24.1 Å². The Morgan fingerprint density at radius 3 is 3.00 bits per heavy atom. The van der Waals surface area contributed by atoms with E-state index in [1.54, 1.807) is 6.92 Å². The van der Waals surface area contributed by atoms with E-state index in [4.69, 9.17) is 16.3 Å². The van der Waals surface area contributed by atoms with E-state index in [0.717, 1.165) is 6.07 Å². The zero-order valence-electron chi connectivity index (χ0n) is 9.57. The Kier molecular flexibility index (Phi) is 3.21. The number of ether oxygens (including phenoxy) is 1. The predicted molar refractivity (Wildman–Crippen MR) is 59.6 cm³/mol. The highest BCUT2D eigenvalue weighted by Crippen LogP contribution is 2.43. The predicted octanol–water partition coefficient (Wildman–Crippen LogP) is 0.978. The van der Waals surface area contributed by atoms with E-state index < -0.39 is 29.9 Å². The summed E-state index contributed by atoms with van der Waals surface area (Å²) in [6, 6.07) is 2.24. The standard InChI is InChI=1S/C12H12ClFO4/c1-6-4-12(17,5-11(15)16)7-2-9(14)8(13)3-10(7)18-6/h2-3,6,17H,4-5H2,1H3,(H,15,16)/p-1. The van der Waals surface area contributed by atoms with Crippen LogP contribution in [0.3, 0.4) is 0 Å². The largest absolute Gasteiger partial charge is 0.550 e. The molecule has 0 saturated heterocycles. The van der Waals surface area contributed by atoms with Crippen molar-refractivity contribution >= 4 is 17.6 Å². The summed E-state index contributed by atoms with van der Waals surface area (Å²) in [6.45, 7) is 1.68. The van der Waals surface area contributed by atoms with Crippen molar-refractivity contribution in [2.45, 2.75) is 31.5 Å². The minimum absolute atomic E-state index is 0.0506. The van der Waals surface area contributed by atoms with Crippen molar-refractivity contribution in [2.75, 3.05) is 0 Å². The lowest BCUT2D eigenvalue weighted by Crippen LogP contribution is -2.42. The van der Waals surface area contributed by atoms with Gasteiger partial charge in [0, 0.05) is 30.4 Å². The zero-order chi connectivity index (χ0) is 13.5. The van der Waals surface area contributed by atoms with E-state index in [2.05, 4.69) is 0 Å². The Balaban J connectivity index is 2.53. The molecule has 1 aliphatic heterocycles. The highest BCUT2D eigenvalue weighted by atomic mass is 35.5. The monoisotopic (exact) mass is 273 g/mol. The molecule has 0 amide bonds. The van der Waals surface area contributed by atoms with E-state index in [-0.39, 0.29) is 22.8 Å². The fraction of sp³-hybridized carbons (Fsp3) is 0.417. The highest BCUT2D eigenvalue weighted by molar-refractivity contribution is 6.30. The molecule has 1 aromatic rings. The Labute approximate surface area is 108 Å². The highest BCUT2D eigenvalue weighted by Gasteiger charge is 2.39. The van der Waals surface area contributed by atoms with Crippen molar-refractivity contribution in [3.63, 3.8) is 0 Å². The van der Waals surface area contributed by atoms with Crippen LogP contribution in [-0.4, -0.2) is 17.2 Å². The number of benzene rings is 1. The Bertz CT molecular complexity index is 505. The summed E-state index contributed by atoms with van der Waals surface area (Å²) >= 11 is 5.63. The van der Waals surface area contributed by atoms with Gasteiger partial charge in [-0.1, -0.05) is 11.6 Å². The normalized spacial score (nSPS) is 26.3. The molecule has 0 radical (unpaired) electrons. The van der Waals surface area contributed by atoms with Gasteiger partial charge >= 0.3 is 0 Å². The minimum atomic E-state index is -1.70. The number of carboxylic acid groups (broad SMARTS) is 1. The first-order valence-corrected chi connectivity index (χ1v) is 5.78. The summed E-state index contributed by atoms with van der Waals surface area (Å²) in [5.41, 5.74) is -1.61. The molecule has 1 aliphatic rings. The molecule has 6 heteroatoms. The van der Waals surface area contributed by atoms with Gasteiger partial charge in [-0.05, 0) is 13.0 Å². The third-order valence-electron chi connectivity index (χ3n) is 2.91. The van der Waals surface area contributed by atoms with Crippen molar-refractivity contribution in [3.8, 4) is 5.75 Å². The van der Waals surface area contributed by atoms with Gasteiger partial charge in [0.2, 0.25) is 0 Å². The van der Waals surface area contributed by atoms with Crippen molar-refractivity contribution in [1.82, 2.24) is 0 Å². The number of aliphatic hydroxyl groups is 1. The number of carboxylic acids is 1. The molecule has 2 rings (SSSR count). The van der Waals surface area contributed by atoms with Gasteiger partial charge in [0.1, 0.15) is 17.2 Å². The summed E-state index contributed by atoms with van der Waals surface area (Å²) < 4.78 is 18.8. The van der Waals surface area contributed by atoms with Crippen LogP contribution < -0.4 is 9.84 Å². The quantitative estimate of drug-likeness (QED) is 0.872. The fourth-order valence-corrected chi connectivity index (χ4v) is 2.39. The lowest BCUT2D eigenvalue weighted by Gasteiger charge is -2.38. The van der Waals surface area contributed by atoms with Crippen LogP contribution in [0.25, 0.3) is 0 Å². The maximum absolute atomic E-state index is 13.4. The second kappa shape index (κ2) is 4.40. The van der Waals surface area contributed by atoms with Gasteiger partial charge in [0.05, 0.1) is 11.1 Å². The molecule has 0 saturated carbocycles. The number of aliphatic carboxylic acids is 1. The van der Waals surface area contributed by atoms with Crippen LogP contribution in [0, 0.1) is 5.82 Å². The van der Waals surface area contributed by atoms with Crippen LogP contribution in [0.1, 0.15) is 25.3 Å². The number of carbonyl (C=O) groups is 1. The SMILES string of the molecule is CC1CC(O)(CC(=O)[O-])c2cc(F)c(Cl)cc2O1. The average Bonchev–Trinajstić information content (AvgIpc) is 2.19. The van der Waals surface area contributed by atoms with Gasteiger partial charge in [0.15, 0.2) is 0 Å². The molecule has 0 bridgehead atoms. The lowest BCUT2D eigenvalue weighted by atomic mass is 9.83. The molecule has 0 fully saturated rings. The third-order valence-corrected chi connectivity index (χ3v) is 3.20. The minimum Gasteiger partial charge on any atom is -0.550 e. The van der Waals surface area contributed by atoms with Crippen LogP contribution >= 0.6 is 11.6 Å². The summed E-state index contributed by atoms with van der Waals surface area (Å²) in [7, 11) is 0. The van der Waals surface area contributed by atoms with Crippen LogP contribution in [0.15, 0.2) is 12.1 Å². The smallest absolute Gasteiger partial charge is 0.142 e. The van der Waals surface area contributed by atoms with E-state index in [1.165, 1.54) is 6.07 Å². The lowest BCUT2D eigenvalue weighted by molar-refractivity contribution is -0.310. The Hall–Kier alpha value is -1.33. The van der Waals surface area contributed by atoms with Gasteiger partial charge in [-0.15, -0.1) is 0 Å². The third kappa shape index (κ3) is 2.28. The van der Waals surface area contributed by atoms with Crippen LogP contribution in [0.2, 0.25) is 5.02 Å². The summed E-state index contributed by atoms with van der Waals surface area (Å²) in [4.78, 5) is 10.7. The fourth-order valence-electron chi connectivity index (χ4n) is 2.24. The molecule has 0 spiro atoms. The topological polar surface area (TPSA) is 69.6 Å². The molecule has 0 aliphatic carbocycles. The van der Waals surface area contributed by atoms with Crippen molar-refractivity contribution in [3.05, 3.63) is 28.5 Å². The average molecular weight is 274 g/mol. The van der Waals surface area contributed by atoms with E-state index >= 15 is 0 Å². The molecular weight excluding hydrogens is 263 g/mol. The molecule has 1 N–H and O–H groups in total. The first-order chi connectivity index (χ1) is 8.32. The van der Waals surface area contributed by atoms with E-state index in [1.807, 2.05) is 0 Å². The molecule has 2 unspecified atom stereocenters. The second-order valence-corrected chi connectivity index (χ2v) is 4.88. The molecule has 2 atom stereocenters. The maximum atomic E-state index is 13.4. The first-order valence-electron chi connectivity index (χ1n) is 5.40. The summed E-state index contributed by atoms with van der Waals surface area (Å²) in [6.07, 6.45) is -0.965. The summed E-state index contributed by atoms with van der Waals surface area (Å²) in [5.74, 6) is -1.94. The Morgan fingerprint density at radius 1 is 1.72 bits per heavy atom. The van der Waals surface area contributed by atoms with Gasteiger partial charge in [-0.25, -0.2) is 4.39 Å². The second-order valence-electron chi connectivity index (χ2n) is 4.48. The number of hydrogen-bond acceptors (Lipinski definition) is 4. The molecule has 4 nitrogen and oxygen atoms in total. The molecule has 1 aromatic carbocycles. The van der Waals surface area contributed by atoms with Gasteiger partial charge in [-0.2, -0.15) is 0 Å². The number of halogens is 2. The number of hydrogen-bond donors (Lipinski definition) is 1. The number of carbonyl (C=O) groups excluding carboxylic acids is 1.